The van der Waals surface area contributed by atoms with Gasteiger partial charge in [0.15, 0.2) is 5.79 Å². The van der Waals surface area contributed by atoms with Crippen molar-refractivity contribution in [1.82, 2.24) is 0 Å². The quantitative estimate of drug-likeness (QED) is 0.784. The summed E-state index contributed by atoms with van der Waals surface area (Å²) in [5.41, 5.74) is 2.62. The second-order valence-electron chi connectivity index (χ2n) is 6.48. The highest BCUT2D eigenvalue weighted by atomic mass is 16.8. The normalized spacial score (nSPS) is 25.2. The summed E-state index contributed by atoms with van der Waals surface area (Å²) in [6, 6.07) is 21.1. The highest BCUT2D eigenvalue weighted by molar-refractivity contribution is 5.19. The first-order valence-electron chi connectivity index (χ1n) is 8.41. The van der Waals surface area contributed by atoms with E-state index in [0.717, 1.165) is 25.7 Å². The molecule has 0 bridgehead atoms. The molecule has 0 unspecified atom stereocenters. The van der Waals surface area contributed by atoms with E-state index >= 15 is 0 Å². The van der Waals surface area contributed by atoms with Gasteiger partial charge in [-0.15, -0.1) is 0 Å². The molecular weight excluding hydrogens is 284 g/mol. The largest absolute Gasteiger partial charge is 0.343 e. The van der Waals surface area contributed by atoms with E-state index in [9.17, 15) is 0 Å². The molecule has 2 nitrogen and oxygen atoms in total. The van der Waals surface area contributed by atoms with Crippen molar-refractivity contribution in [2.24, 2.45) is 0 Å². The Morgan fingerprint density at radius 1 is 0.696 bits per heavy atom. The van der Waals surface area contributed by atoms with Crippen LogP contribution in [0.4, 0.5) is 0 Å². The third-order valence-corrected chi connectivity index (χ3v) is 4.73. The Morgan fingerprint density at radius 3 is 1.57 bits per heavy atom. The van der Waals surface area contributed by atoms with Crippen LogP contribution in [0.5, 0.6) is 0 Å². The van der Waals surface area contributed by atoms with Crippen LogP contribution in [0.15, 0.2) is 72.8 Å². The summed E-state index contributed by atoms with van der Waals surface area (Å²) < 4.78 is 12.8. The molecule has 1 saturated heterocycles. The zero-order chi connectivity index (χ0) is 15.5. The zero-order valence-corrected chi connectivity index (χ0v) is 13.2. The van der Waals surface area contributed by atoms with Gasteiger partial charge >= 0.3 is 0 Å². The van der Waals surface area contributed by atoms with Crippen molar-refractivity contribution in [3.8, 4) is 0 Å². The minimum atomic E-state index is -0.418. The van der Waals surface area contributed by atoms with Gasteiger partial charge in [0, 0.05) is 25.7 Å². The first kappa shape index (κ1) is 14.7. The van der Waals surface area contributed by atoms with Gasteiger partial charge in [-0.05, 0) is 11.1 Å². The maximum Gasteiger partial charge on any atom is 0.176 e. The van der Waals surface area contributed by atoms with E-state index in [4.69, 9.17) is 9.47 Å². The second kappa shape index (κ2) is 6.31. The van der Waals surface area contributed by atoms with Crippen molar-refractivity contribution in [2.45, 2.75) is 43.7 Å². The monoisotopic (exact) mass is 306 g/mol. The van der Waals surface area contributed by atoms with Crippen molar-refractivity contribution in [1.29, 1.82) is 0 Å². The molecule has 2 aromatic carbocycles. The molecule has 1 spiro atoms. The highest BCUT2D eigenvalue weighted by Crippen LogP contribution is 2.40. The fourth-order valence-electron chi connectivity index (χ4n) is 3.57. The predicted octanol–water partition coefficient (Wildman–Crippen LogP) is 4.30. The van der Waals surface area contributed by atoms with E-state index in [1.54, 1.807) is 0 Å². The van der Waals surface area contributed by atoms with E-state index in [1.807, 2.05) is 0 Å². The minimum absolute atomic E-state index is 0.109. The lowest BCUT2D eigenvalue weighted by molar-refractivity contribution is -0.164. The van der Waals surface area contributed by atoms with Crippen LogP contribution < -0.4 is 0 Å². The SMILES string of the molecule is C1=CCC2(C1)O[C@H](Cc1ccccc1)[C@@H](Cc1ccccc1)O2. The fraction of sp³-hybridized carbons (Fsp3) is 0.333. The van der Waals surface area contributed by atoms with Gasteiger partial charge in [-0.25, -0.2) is 0 Å². The van der Waals surface area contributed by atoms with Crippen molar-refractivity contribution in [3.05, 3.63) is 83.9 Å². The summed E-state index contributed by atoms with van der Waals surface area (Å²) >= 11 is 0. The molecule has 0 aromatic heterocycles. The smallest absolute Gasteiger partial charge is 0.176 e. The molecule has 1 heterocycles. The molecular formula is C21H22O2. The molecule has 4 rings (SSSR count). The Labute approximate surface area is 137 Å². The van der Waals surface area contributed by atoms with Crippen LogP contribution in [0, 0.1) is 0 Å². The van der Waals surface area contributed by atoms with Crippen LogP contribution in [0.25, 0.3) is 0 Å². The van der Waals surface area contributed by atoms with E-state index in [0.29, 0.717) is 0 Å². The van der Waals surface area contributed by atoms with Crippen molar-refractivity contribution in [2.75, 3.05) is 0 Å². The fourth-order valence-corrected chi connectivity index (χ4v) is 3.57. The molecule has 2 heteroatoms. The number of hydrogen-bond acceptors (Lipinski definition) is 2. The maximum atomic E-state index is 6.41. The minimum Gasteiger partial charge on any atom is -0.343 e. The molecule has 23 heavy (non-hydrogen) atoms. The first-order valence-corrected chi connectivity index (χ1v) is 8.41. The van der Waals surface area contributed by atoms with Gasteiger partial charge in [0.1, 0.15) is 0 Å². The lowest BCUT2D eigenvalue weighted by Crippen LogP contribution is -2.27. The number of rotatable bonds is 4. The molecule has 1 fully saturated rings. The summed E-state index contributed by atoms with van der Waals surface area (Å²) in [4.78, 5) is 0. The Hall–Kier alpha value is -1.90. The number of hydrogen-bond donors (Lipinski definition) is 0. The number of ether oxygens (including phenoxy) is 2. The molecule has 2 aromatic rings. The molecule has 118 valence electrons. The Kier molecular flexibility index (Phi) is 4.02. The van der Waals surface area contributed by atoms with Crippen LogP contribution in [-0.2, 0) is 22.3 Å². The molecule has 1 aliphatic carbocycles. The molecule has 0 N–H and O–H groups in total. The van der Waals surface area contributed by atoms with Crippen molar-refractivity contribution < 1.29 is 9.47 Å². The summed E-state index contributed by atoms with van der Waals surface area (Å²) in [6.07, 6.45) is 8.09. The summed E-state index contributed by atoms with van der Waals surface area (Å²) in [5.74, 6) is -0.418. The van der Waals surface area contributed by atoms with Crippen molar-refractivity contribution >= 4 is 0 Å². The van der Waals surface area contributed by atoms with Crippen LogP contribution in [0.3, 0.4) is 0 Å². The highest BCUT2D eigenvalue weighted by Gasteiger charge is 2.47. The summed E-state index contributed by atoms with van der Waals surface area (Å²) in [5, 5.41) is 0. The van der Waals surface area contributed by atoms with E-state index in [2.05, 4.69) is 72.8 Å². The second-order valence-corrected chi connectivity index (χ2v) is 6.48. The summed E-state index contributed by atoms with van der Waals surface area (Å²) in [7, 11) is 0. The van der Waals surface area contributed by atoms with Gasteiger partial charge < -0.3 is 9.47 Å². The van der Waals surface area contributed by atoms with E-state index < -0.39 is 5.79 Å². The average Bonchev–Trinajstić information content (AvgIpc) is 3.17. The maximum absolute atomic E-state index is 6.41. The molecule has 2 atom stereocenters. The first-order chi connectivity index (χ1) is 11.3. The van der Waals surface area contributed by atoms with Crippen LogP contribution in [0.2, 0.25) is 0 Å². The van der Waals surface area contributed by atoms with Gasteiger partial charge in [0.05, 0.1) is 12.2 Å². The average molecular weight is 306 g/mol. The Morgan fingerprint density at radius 2 is 1.13 bits per heavy atom. The van der Waals surface area contributed by atoms with Gasteiger partial charge in [-0.2, -0.15) is 0 Å². The van der Waals surface area contributed by atoms with Gasteiger partial charge in [-0.1, -0.05) is 72.8 Å². The van der Waals surface area contributed by atoms with Crippen molar-refractivity contribution in [3.63, 3.8) is 0 Å². The zero-order valence-electron chi connectivity index (χ0n) is 13.2. The molecule has 0 radical (unpaired) electrons. The lowest BCUT2D eigenvalue weighted by Gasteiger charge is -2.22. The topological polar surface area (TPSA) is 18.5 Å². The molecule has 0 saturated carbocycles. The van der Waals surface area contributed by atoms with Crippen LogP contribution in [-0.4, -0.2) is 18.0 Å². The van der Waals surface area contributed by atoms with Crippen LogP contribution in [0.1, 0.15) is 24.0 Å². The molecule has 0 amide bonds. The third kappa shape index (κ3) is 3.24. The molecule has 1 aliphatic heterocycles. The number of benzene rings is 2. The van der Waals surface area contributed by atoms with E-state index in [1.165, 1.54) is 11.1 Å². The third-order valence-electron chi connectivity index (χ3n) is 4.73. The lowest BCUT2D eigenvalue weighted by atomic mass is 9.99. The standard InChI is InChI=1S/C21H22O2/c1-3-9-17(10-4-1)15-19-20(16-18-11-5-2-6-12-18)23-21(22-19)13-7-8-14-21/h1-12,19-20H,13-16H2/t19-,20-/m1/s1. The van der Waals surface area contributed by atoms with Gasteiger partial charge in [-0.3, -0.25) is 0 Å². The summed E-state index contributed by atoms with van der Waals surface area (Å²) in [6.45, 7) is 0. The molecule has 2 aliphatic rings. The van der Waals surface area contributed by atoms with E-state index in [-0.39, 0.29) is 12.2 Å². The van der Waals surface area contributed by atoms with Gasteiger partial charge in [0.2, 0.25) is 0 Å². The Balaban J connectivity index is 1.53. The van der Waals surface area contributed by atoms with Gasteiger partial charge in [0.25, 0.3) is 0 Å². The predicted molar refractivity (Wildman–Crippen MR) is 91.1 cm³/mol. The Bertz CT molecular complexity index is 603. The van der Waals surface area contributed by atoms with Crippen LogP contribution >= 0.6 is 0 Å².